The van der Waals surface area contributed by atoms with Crippen LogP contribution in [0.25, 0.3) is 11.0 Å². The van der Waals surface area contributed by atoms with Crippen LogP contribution in [0, 0.1) is 5.82 Å². The summed E-state index contributed by atoms with van der Waals surface area (Å²) in [6.45, 7) is 4.40. The molecular formula is C19H24FN3O2. The Balaban J connectivity index is 1.61. The molecule has 0 radical (unpaired) electrons. The van der Waals surface area contributed by atoms with Crippen molar-refractivity contribution >= 4 is 16.9 Å². The monoisotopic (exact) mass is 345 g/mol. The van der Waals surface area contributed by atoms with Gasteiger partial charge in [0.25, 0.3) is 5.91 Å². The molecule has 5 nitrogen and oxygen atoms in total. The van der Waals surface area contributed by atoms with Gasteiger partial charge in [-0.3, -0.25) is 9.69 Å². The Bertz CT molecular complexity index is 782. The lowest BCUT2D eigenvalue weighted by Gasteiger charge is -2.45. The van der Waals surface area contributed by atoms with Crippen LogP contribution in [-0.2, 0) is 0 Å². The van der Waals surface area contributed by atoms with Gasteiger partial charge in [-0.2, -0.15) is 0 Å². The fourth-order valence-electron chi connectivity index (χ4n) is 4.17. The van der Waals surface area contributed by atoms with Crippen LogP contribution in [0.1, 0.15) is 29.8 Å². The van der Waals surface area contributed by atoms with Crippen molar-refractivity contribution in [2.45, 2.75) is 24.8 Å². The molecule has 0 bridgehead atoms. The summed E-state index contributed by atoms with van der Waals surface area (Å²) in [6, 6.07) is 5.99. The second-order valence-electron chi connectivity index (χ2n) is 7.27. The molecule has 25 heavy (non-hydrogen) atoms. The molecule has 2 aliphatic rings. The zero-order valence-corrected chi connectivity index (χ0v) is 14.6. The average Bonchev–Trinajstić information content (AvgIpc) is 2.97. The zero-order valence-electron chi connectivity index (χ0n) is 14.6. The number of carbonyl (C=O) groups is 1. The van der Waals surface area contributed by atoms with Crippen LogP contribution in [0.4, 0.5) is 4.39 Å². The molecule has 1 aromatic carbocycles. The van der Waals surface area contributed by atoms with Gasteiger partial charge in [-0.05, 0) is 63.7 Å². The highest BCUT2D eigenvalue weighted by Crippen LogP contribution is 2.30. The third kappa shape index (κ3) is 3.04. The number of likely N-dealkylation sites (N-methyl/N-ethyl adjacent to an activating group) is 1. The number of hydrogen-bond donors (Lipinski definition) is 1. The van der Waals surface area contributed by atoms with Gasteiger partial charge in [0.2, 0.25) is 0 Å². The second-order valence-corrected chi connectivity index (χ2v) is 7.27. The van der Waals surface area contributed by atoms with Gasteiger partial charge in [0.1, 0.15) is 11.4 Å². The number of nitrogens with zero attached hydrogens (tertiary/aromatic N) is 2. The maximum absolute atomic E-state index is 13.4. The fraction of sp³-hybridized carbons (Fsp3) is 0.526. The van der Waals surface area contributed by atoms with Crippen LogP contribution < -0.4 is 5.32 Å². The van der Waals surface area contributed by atoms with Gasteiger partial charge in [0.05, 0.1) is 0 Å². The molecule has 3 heterocycles. The number of amides is 1. The standard InChI is InChI=1S/C19H24FN3O2/c1-22-9-2-10-23(13-19(22)5-7-21-8-6-19)18(24)17-12-14-11-15(20)3-4-16(14)25-17/h3-4,11-12,21H,2,5-10,13H2,1H3. The highest BCUT2D eigenvalue weighted by molar-refractivity contribution is 5.96. The van der Waals surface area contributed by atoms with Crippen molar-refractivity contribution in [1.82, 2.24) is 15.1 Å². The number of rotatable bonds is 1. The second kappa shape index (κ2) is 6.42. The Kier molecular flexibility index (Phi) is 4.25. The van der Waals surface area contributed by atoms with E-state index in [2.05, 4.69) is 17.3 Å². The lowest BCUT2D eigenvalue weighted by Crippen LogP contribution is -2.58. The Morgan fingerprint density at radius 2 is 2.04 bits per heavy atom. The summed E-state index contributed by atoms with van der Waals surface area (Å²) in [5.41, 5.74) is 0.587. The Morgan fingerprint density at radius 3 is 2.84 bits per heavy atom. The SMILES string of the molecule is CN1CCCN(C(=O)c2cc3cc(F)ccc3o2)CC12CCNCC2. The highest BCUT2D eigenvalue weighted by atomic mass is 19.1. The predicted molar refractivity (Wildman–Crippen MR) is 94.2 cm³/mol. The molecule has 0 unspecified atom stereocenters. The Hall–Kier alpha value is -1.92. The summed E-state index contributed by atoms with van der Waals surface area (Å²) in [5.74, 6) is -0.114. The smallest absolute Gasteiger partial charge is 0.289 e. The third-order valence-electron chi connectivity index (χ3n) is 5.73. The first kappa shape index (κ1) is 16.5. The molecule has 0 atom stereocenters. The first-order valence-corrected chi connectivity index (χ1v) is 8.98. The molecule has 2 aromatic rings. The zero-order chi connectivity index (χ0) is 17.4. The molecule has 1 spiro atoms. The lowest BCUT2D eigenvalue weighted by atomic mass is 9.86. The molecule has 4 rings (SSSR count). The van der Waals surface area contributed by atoms with Gasteiger partial charge in [0, 0.05) is 30.6 Å². The Morgan fingerprint density at radius 1 is 1.24 bits per heavy atom. The molecule has 1 amide bonds. The summed E-state index contributed by atoms with van der Waals surface area (Å²) < 4.78 is 19.1. The number of fused-ring (bicyclic) bond motifs is 1. The number of nitrogens with one attached hydrogen (secondary N) is 1. The van der Waals surface area contributed by atoms with Crippen LogP contribution in [-0.4, -0.2) is 61.0 Å². The minimum atomic E-state index is -0.322. The molecule has 2 fully saturated rings. The number of piperidine rings is 1. The number of carbonyl (C=O) groups excluding carboxylic acids is 1. The van der Waals surface area contributed by atoms with Gasteiger partial charge in [0.15, 0.2) is 5.76 Å². The molecule has 6 heteroatoms. The van der Waals surface area contributed by atoms with Crippen molar-refractivity contribution < 1.29 is 13.6 Å². The van der Waals surface area contributed by atoms with Crippen LogP contribution >= 0.6 is 0 Å². The minimum Gasteiger partial charge on any atom is -0.451 e. The van der Waals surface area contributed by atoms with Crippen LogP contribution in [0.5, 0.6) is 0 Å². The van der Waals surface area contributed by atoms with E-state index in [1.54, 1.807) is 12.1 Å². The van der Waals surface area contributed by atoms with E-state index < -0.39 is 0 Å². The van der Waals surface area contributed by atoms with E-state index in [0.29, 0.717) is 16.7 Å². The van der Waals surface area contributed by atoms with Crippen LogP contribution in [0.3, 0.4) is 0 Å². The average molecular weight is 345 g/mol. The summed E-state index contributed by atoms with van der Waals surface area (Å²) in [6.07, 6.45) is 3.03. The molecule has 1 N–H and O–H groups in total. The van der Waals surface area contributed by atoms with Gasteiger partial charge < -0.3 is 14.6 Å². The molecule has 2 aliphatic heterocycles. The maximum atomic E-state index is 13.4. The molecule has 2 saturated heterocycles. The van der Waals surface area contributed by atoms with E-state index in [9.17, 15) is 9.18 Å². The van der Waals surface area contributed by atoms with E-state index >= 15 is 0 Å². The first-order valence-electron chi connectivity index (χ1n) is 8.98. The van der Waals surface area contributed by atoms with Crippen molar-refractivity contribution in [2.24, 2.45) is 0 Å². The van der Waals surface area contributed by atoms with Crippen molar-refractivity contribution in [3.05, 3.63) is 35.8 Å². The third-order valence-corrected chi connectivity index (χ3v) is 5.73. The van der Waals surface area contributed by atoms with Gasteiger partial charge in [-0.15, -0.1) is 0 Å². The molecular weight excluding hydrogens is 321 g/mol. The summed E-state index contributed by atoms with van der Waals surface area (Å²) >= 11 is 0. The number of furan rings is 1. The van der Waals surface area contributed by atoms with Crippen molar-refractivity contribution in [2.75, 3.05) is 39.8 Å². The topological polar surface area (TPSA) is 48.7 Å². The van der Waals surface area contributed by atoms with Gasteiger partial charge >= 0.3 is 0 Å². The molecule has 1 aromatic heterocycles. The molecule has 0 saturated carbocycles. The fourth-order valence-corrected chi connectivity index (χ4v) is 4.17. The summed E-state index contributed by atoms with van der Waals surface area (Å²) in [5, 5.41) is 4.04. The van der Waals surface area contributed by atoms with E-state index in [-0.39, 0.29) is 17.3 Å². The number of halogens is 1. The van der Waals surface area contributed by atoms with E-state index in [0.717, 1.165) is 52.0 Å². The first-order chi connectivity index (χ1) is 12.1. The van der Waals surface area contributed by atoms with Crippen molar-refractivity contribution in [3.63, 3.8) is 0 Å². The Labute approximate surface area is 146 Å². The van der Waals surface area contributed by atoms with Crippen LogP contribution in [0.2, 0.25) is 0 Å². The number of benzene rings is 1. The maximum Gasteiger partial charge on any atom is 0.289 e. The molecule has 0 aliphatic carbocycles. The number of hydrogen-bond acceptors (Lipinski definition) is 4. The highest BCUT2D eigenvalue weighted by Gasteiger charge is 2.40. The predicted octanol–water partition coefficient (Wildman–Crippen LogP) is 2.47. The van der Waals surface area contributed by atoms with Gasteiger partial charge in [-0.25, -0.2) is 4.39 Å². The van der Waals surface area contributed by atoms with E-state index in [1.165, 1.54) is 12.1 Å². The quantitative estimate of drug-likeness (QED) is 0.863. The van der Waals surface area contributed by atoms with Crippen molar-refractivity contribution in [1.29, 1.82) is 0 Å². The van der Waals surface area contributed by atoms with E-state index in [1.807, 2.05) is 4.90 Å². The lowest BCUT2D eigenvalue weighted by molar-refractivity contribution is 0.0488. The summed E-state index contributed by atoms with van der Waals surface area (Å²) in [7, 11) is 2.17. The van der Waals surface area contributed by atoms with Crippen LogP contribution in [0.15, 0.2) is 28.7 Å². The van der Waals surface area contributed by atoms with E-state index in [4.69, 9.17) is 4.42 Å². The van der Waals surface area contributed by atoms with Crippen molar-refractivity contribution in [3.8, 4) is 0 Å². The molecule has 134 valence electrons. The minimum absolute atomic E-state index is 0.0372. The summed E-state index contributed by atoms with van der Waals surface area (Å²) in [4.78, 5) is 17.4. The largest absolute Gasteiger partial charge is 0.451 e. The normalized spacial score (nSPS) is 21.6. The van der Waals surface area contributed by atoms with Gasteiger partial charge in [-0.1, -0.05) is 0 Å².